The van der Waals surface area contributed by atoms with E-state index in [4.69, 9.17) is 9.47 Å². The van der Waals surface area contributed by atoms with E-state index >= 15 is 0 Å². The Morgan fingerprint density at radius 2 is 0.771 bits per heavy atom. The summed E-state index contributed by atoms with van der Waals surface area (Å²) in [4.78, 5) is 51.0. The number of benzene rings is 4. The van der Waals surface area contributed by atoms with E-state index in [2.05, 4.69) is 0 Å². The predicted octanol–water partition coefficient (Wildman–Crippen LogP) is 4.67. The highest BCUT2D eigenvalue weighted by Gasteiger charge is 2.52. The van der Waals surface area contributed by atoms with Crippen LogP contribution in [0.4, 0.5) is 0 Å². The molecule has 1 aliphatic carbocycles. The minimum Gasteiger partial charge on any atom is -0.386 e. The second kappa shape index (κ2) is 6.61. The SMILES string of the molecule is O=C1OC(=O)c2c1cccc2C1(c2cccc3c2C(=O)OC3=O)c2ccccc2-c2ccccc21. The lowest BCUT2D eigenvalue weighted by atomic mass is 9.64. The molecule has 0 unspecified atom stereocenters. The molecule has 2 aliphatic heterocycles. The molecule has 0 spiro atoms. The zero-order valence-electron chi connectivity index (χ0n) is 18.0. The van der Waals surface area contributed by atoms with Gasteiger partial charge in [0.05, 0.1) is 27.7 Å². The number of fused-ring (bicyclic) bond motifs is 5. The Morgan fingerprint density at radius 1 is 0.400 bits per heavy atom. The van der Waals surface area contributed by atoms with E-state index in [1.807, 2.05) is 48.5 Å². The van der Waals surface area contributed by atoms with Crippen molar-refractivity contribution in [3.63, 3.8) is 0 Å². The molecule has 0 fully saturated rings. The molecule has 0 radical (unpaired) electrons. The van der Waals surface area contributed by atoms with Gasteiger partial charge in [-0.25, -0.2) is 19.2 Å². The maximum atomic E-state index is 13.0. The van der Waals surface area contributed by atoms with E-state index in [1.54, 1.807) is 36.4 Å². The number of hydrogen-bond acceptors (Lipinski definition) is 6. The van der Waals surface area contributed by atoms with Crippen molar-refractivity contribution >= 4 is 23.9 Å². The van der Waals surface area contributed by atoms with Crippen LogP contribution in [0.5, 0.6) is 0 Å². The van der Waals surface area contributed by atoms with Crippen LogP contribution in [0.2, 0.25) is 0 Å². The van der Waals surface area contributed by atoms with Gasteiger partial charge in [-0.1, -0.05) is 72.8 Å². The molecule has 35 heavy (non-hydrogen) atoms. The van der Waals surface area contributed by atoms with E-state index in [9.17, 15) is 19.2 Å². The molecular weight excluding hydrogens is 444 g/mol. The minimum atomic E-state index is -1.18. The first-order valence-corrected chi connectivity index (χ1v) is 11.0. The molecule has 6 nitrogen and oxygen atoms in total. The molecule has 4 aromatic rings. The van der Waals surface area contributed by atoms with E-state index in [1.165, 1.54) is 0 Å². The fraction of sp³-hybridized carbons (Fsp3) is 0.0345. The van der Waals surface area contributed by atoms with Crippen LogP contribution < -0.4 is 0 Å². The van der Waals surface area contributed by atoms with Crippen molar-refractivity contribution in [1.82, 2.24) is 0 Å². The van der Waals surface area contributed by atoms with Crippen molar-refractivity contribution in [3.8, 4) is 11.1 Å². The summed E-state index contributed by atoms with van der Waals surface area (Å²) in [5.74, 6) is -2.91. The average molecular weight is 458 g/mol. The molecule has 0 N–H and O–H groups in total. The molecule has 0 atom stereocenters. The summed E-state index contributed by atoms with van der Waals surface area (Å²) in [7, 11) is 0. The van der Waals surface area contributed by atoms with Gasteiger partial charge >= 0.3 is 23.9 Å². The summed E-state index contributed by atoms with van der Waals surface area (Å²) in [5, 5.41) is 0. The monoisotopic (exact) mass is 458 g/mol. The number of rotatable bonds is 2. The highest BCUT2D eigenvalue weighted by atomic mass is 16.6. The van der Waals surface area contributed by atoms with Gasteiger partial charge in [0.2, 0.25) is 0 Å². The molecule has 7 rings (SSSR count). The van der Waals surface area contributed by atoms with Gasteiger partial charge in [0.25, 0.3) is 0 Å². The number of hydrogen-bond donors (Lipinski definition) is 0. The lowest BCUT2D eigenvalue weighted by molar-refractivity contribution is 0.0426. The van der Waals surface area contributed by atoms with E-state index < -0.39 is 29.3 Å². The maximum Gasteiger partial charge on any atom is 0.347 e. The van der Waals surface area contributed by atoms with Crippen LogP contribution in [0, 0.1) is 0 Å². The summed E-state index contributed by atoms with van der Waals surface area (Å²) >= 11 is 0. The first-order chi connectivity index (χ1) is 17.0. The Balaban J connectivity index is 1.73. The van der Waals surface area contributed by atoms with Crippen molar-refractivity contribution in [2.24, 2.45) is 0 Å². The fourth-order valence-electron chi connectivity index (χ4n) is 5.85. The standard InChI is InChI=1S/C29H14O6/c30-25-17-9-5-13-21(23(17)27(32)34-25)29(22-14-6-10-18-24(22)28(33)35-26(18)31)19-11-3-1-7-15(19)16-8-2-4-12-20(16)29/h1-14H. The first kappa shape index (κ1) is 19.6. The van der Waals surface area contributed by atoms with Crippen molar-refractivity contribution in [3.05, 3.63) is 129 Å². The molecule has 6 heteroatoms. The number of ether oxygens (including phenoxy) is 2. The van der Waals surface area contributed by atoms with Gasteiger partial charge < -0.3 is 9.47 Å². The lowest BCUT2D eigenvalue weighted by Gasteiger charge is -2.35. The molecule has 4 aromatic carbocycles. The molecule has 0 saturated carbocycles. The molecule has 0 saturated heterocycles. The van der Waals surface area contributed by atoms with Gasteiger partial charge in [-0.3, -0.25) is 0 Å². The zero-order chi connectivity index (χ0) is 23.9. The molecule has 166 valence electrons. The van der Waals surface area contributed by atoms with E-state index in [-0.39, 0.29) is 22.3 Å². The summed E-state index contributed by atoms with van der Waals surface area (Å²) < 4.78 is 9.99. The quantitative estimate of drug-likeness (QED) is 0.282. The largest absolute Gasteiger partial charge is 0.386 e. The molecule has 0 amide bonds. The van der Waals surface area contributed by atoms with Gasteiger partial charge in [-0.15, -0.1) is 0 Å². The fourth-order valence-corrected chi connectivity index (χ4v) is 5.85. The summed E-state index contributed by atoms with van der Waals surface area (Å²) in [5.41, 5.74) is 3.95. The molecule has 0 aromatic heterocycles. The normalized spacial score (nSPS) is 16.3. The van der Waals surface area contributed by atoms with Crippen molar-refractivity contribution in [1.29, 1.82) is 0 Å². The van der Waals surface area contributed by atoms with Gasteiger partial charge in [0.15, 0.2) is 0 Å². The van der Waals surface area contributed by atoms with E-state index in [0.717, 1.165) is 22.3 Å². The Morgan fingerprint density at radius 3 is 1.23 bits per heavy atom. The van der Waals surface area contributed by atoms with Gasteiger partial charge in [0, 0.05) is 0 Å². The maximum absolute atomic E-state index is 13.0. The van der Waals surface area contributed by atoms with E-state index in [0.29, 0.717) is 11.1 Å². The zero-order valence-corrected chi connectivity index (χ0v) is 18.0. The lowest BCUT2D eigenvalue weighted by Crippen LogP contribution is -2.32. The van der Waals surface area contributed by atoms with Crippen LogP contribution in [0.3, 0.4) is 0 Å². The Bertz CT molecular complexity index is 1550. The number of carbonyl (C=O) groups excluding carboxylic acids is 4. The number of cyclic esters (lactones) is 4. The second-order valence-corrected chi connectivity index (χ2v) is 8.65. The Labute approximate surface area is 198 Å². The molecule has 2 heterocycles. The Kier molecular flexibility index (Phi) is 3.70. The van der Waals surface area contributed by atoms with Crippen LogP contribution in [0.1, 0.15) is 63.7 Å². The van der Waals surface area contributed by atoms with Crippen LogP contribution in [0.25, 0.3) is 11.1 Å². The molecule has 0 bridgehead atoms. The molecule has 3 aliphatic rings. The van der Waals surface area contributed by atoms with Crippen LogP contribution in [-0.2, 0) is 14.9 Å². The summed E-state index contributed by atoms with van der Waals surface area (Å²) in [6.45, 7) is 0. The van der Waals surface area contributed by atoms with Crippen molar-refractivity contribution in [2.75, 3.05) is 0 Å². The second-order valence-electron chi connectivity index (χ2n) is 8.65. The van der Waals surface area contributed by atoms with Crippen LogP contribution >= 0.6 is 0 Å². The highest BCUT2D eigenvalue weighted by Crippen LogP contribution is 2.58. The summed E-state index contributed by atoms with van der Waals surface area (Å²) in [6.07, 6.45) is 0. The van der Waals surface area contributed by atoms with Gasteiger partial charge in [-0.05, 0) is 45.5 Å². The predicted molar refractivity (Wildman–Crippen MR) is 123 cm³/mol. The molecular formula is C29H14O6. The smallest absolute Gasteiger partial charge is 0.347 e. The topological polar surface area (TPSA) is 86.7 Å². The van der Waals surface area contributed by atoms with Gasteiger partial charge in [0.1, 0.15) is 0 Å². The third-order valence-corrected chi connectivity index (χ3v) is 7.11. The number of esters is 4. The van der Waals surface area contributed by atoms with Crippen molar-refractivity contribution in [2.45, 2.75) is 5.41 Å². The highest BCUT2D eigenvalue weighted by molar-refractivity contribution is 6.18. The van der Waals surface area contributed by atoms with Crippen molar-refractivity contribution < 1.29 is 28.7 Å². The van der Waals surface area contributed by atoms with Crippen LogP contribution in [-0.4, -0.2) is 23.9 Å². The first-order valence-electron chi connectivity index (χ1n) is 11.0. The minimum absolute atomic E-state index is 0.152. The summed E-state index contributed by atoms with van der Waals surface area (Å²) in [6, 6.07) is 25.5. The third kappa shape index (κ3) is 2.28. The average Bonchev–Trinajstić information content (AvgIpc) is 3.46. The van der Waals surface area contributed by atoms with Gasteiger partial charge in [-0.2, -0.15) is 0 Å². The Hall–Kier alpha value is -4.84. The van der Waals surface area contributed by atoms with Crippen LogP contribution in [0.15, 0.2) is 84.9 Å². The third-order valence-electron chi connectivity index (χ3n) is 7.11. The number of carbonyl (C=O) groups is 4.